The number of unbranched alkanes of at least 4 members (excludes halogenated alkanes) is 5. The number of allylic oxidation sites excluding steroid dienone is 1. The molecule has 0 saturated carbocycles. The average molecular weight is 497 g/mol. The summed E-state index contributed by atoms with van der Waals surface area (Å²) >= 11 is 0. The molecule has 1 aliphatic heterocycles. The molecule has 5 heteroatoms. The van der Waals surface area contributed by atoms with Crippen molar-refractivity contribution < 1.29 is 18.3 Å². The van der Waals surface area contributed by atoms with Crippen LogP contribution in [0.3, 0.4) is 0 Å². The van der Waals surface area contributed by atoms with Crippen LogP contribution < -0.4 is 0 Å². The lowest BCUT2D eigenvalue weighted by Crippen LogP contribution is -2.19. The highest BCUT2D eigenvalue weighted by Crippen LogP contribution is 2.40. The van der Waals surface area contributed by atoms with Gasteiger partial charge in [-0.25, -0.2) is 13.2 Å². The zero-order valence-corrected chi connectivity index (χ0v) is 22.5. The molecule has 1 heterocycles. The first kappa shape index (κ1) is 27.2. The number of fused-ring (bicyclic) bond motifs is 1. The van der Waals surface area contributed by atoms with Crippen LogP contribution in [-0.2, 0) is 21.7 Å². The largest absolute Gasteiger partial charge is 0.478 e. The lowest BCUT2D eigenvalue weighted by atomic mass is 9.78. The van der Waals surface area contributed by atoms with Gasteiger partial charge in [-0.1, -0.05) is 71.1 Å². The minimum absolute atomic E-state index is 0.212. The lowest BCUT2D eigenvalue weighted by Gasteiger charge is -2.27. The molecule has 0 bridgehead atoms. The second-order valence-electron chi connectivity index (χ2n) is 10.6. The van der Waals surface area contributed by atoms with Crippen molar-refractivity contribution in [3.63, 3.8) is 0 Å². The number of hydrogen-bond donors (Lipinski definition) is 1. The van der Waals surface area contributed by atoms with Crippen LogP contribution in [0.1, 0.15) is 112 Å². The smallest absolute Gasteiger partial charge is 0.335 e. The van der Waals surface area contributed by atoms with E-state index in [9.17, 15) is 18.3 Å². The molecule has 4 nitrogen and oxygen atoms in total. The molecule has 0 fully saturated rings. The summed E-state index contributed by atoms with van der Waals surface area (Å²) in [6, 6.07) is 11.0. The van der Waals surface area contributed by atoms with Crippen LogP contribution in [-0.4, -0.2) is 25.2 Å². The molecule has 0 unspecified atom stereocenters. The highest BCUT2D eigenvalue weighted by molar-refractivity contribution is 7.91. The number of hydrogen-bond acceptors (Lipinski definition) is 3. The maximum atomic E-state index is 13.2. The van der Waals surface area contributed by atoms with Gasteiger partial charge >= 0.3 is 5.97 Å². The van der Waals surface area contributed by atoms with Gasteiger partial charge < -0.3 is 5.11 Å². The molecule has 0 aromatic heterocycles. The summed E-state index contributed by atoms with van der Waals surface area (Å²) in [7, 11) is -3.30. The molecule has 3 rings (SSSR count). The number of sulfone groups is 1. The molecule has 0 spiro atoms. The normalized spacial score (nSPS) is 17.0. The summed E-state index contributed by atoms with van der Waals surface area (Å²) in [4.78, 5) is 11.7. The molecular weight excluding hydrogens is 456 g/mol. The van der Waals surface area contributed by atoms with Crippen LogP contribution in [0.25, 0.3) is 11.6 Å². The standard InChI is InChI=1S/C30H40O4S/c1-5-6-7-8-9-10-12-25-20-28-27(30(3,4)17-11-18-35(28,33)34)21-26(25)22(2)19-23-13-15-24(16-14-23)29(31)32/h13-16,19-21H,5-12,17-18H2,1-4H3,(H,31,32)/b22-19-. The van der Waals surface area contributed by atoms with E-state index < -0.39 is 15.8 Å². The van der Waals surface area contributed by atoms with E-state index in [4.69, 9.17) is 0 Å². The van der Waals surface area contributed by atoms with Gasteiger partial charge in [0.2, 0.25) is 0 Å². The van der Waals surface area contributed by atoms with Crippen LogP contribution in [0.15, 0.2) is 41.3 Å². The summed E-state index contributed by atoms with van der Waals surface area (Å²) in [5.41, 5.74) is 5.16. The van der Waals surface area contributed by atoms with Gasteiger partial charge in [-0.3, -0.25) is 0 Å². The Labute approximate surface area is 211 Å². The zero-order valence-electron chi connectivity index (χ0n) is 21.7. The number of rotatable bonds is 10. The number of aromatic carboxylic acids is 1. The van der Waals surface area contributed by atoms with Gasteiger partial charge in [0, 0.05) is 0 Å². The quantitative estimate of drug-likeness (QED) is 0.270. The van der Waals surface area contributed by atoms with Gasteiger partial charge in [-0.15, -0.1) is 0 Å². The van der Waals surface area contributed by atoms with E-state index in [0.29, 0.717) is 11.3 Å². The highest BCUT2D eigenvalue weighted by atomic mass is 32.2. The lowest BCUT2D eigenvalue weighted by molar-refractivity contribution is 0.0697. The van der Waals surface area contributed by atoms with Crippen molar-refractivity contribution in [2.24, 2.45) is 0 Å². The van der Waals surface area contributed by atoms with Gasteiger partial charge in [0.1, 0.15) is 0 Å². The first-order valence-electron chi connectivity index (χ1n) is 13.0. The van der Waals surface area contributed by atoms with E-state index in [1.165, 1.54) is 25.7 Å². The second kappa shape index (κ2) is 11.6. The number of aryl methyl sites for hydroxylation is 1. The Morgan fingerprint density at radius 2 is 1.69 bits per heavy atom. The molecule has 1 aliphatic rings. The Bertz CT molecular complexity index is 1170. The molecule has 1 N–H and O–H groups in total. The van der Waals surface area contributed by atoms with Crippen LogP contribution >= 0.6 is 0 Å². The number of carboxylic acid groups (broad SMARTS) is 1. The summed E-state index contributed by atoms with van der Waals surface area (Å²) in [5, 5.41) is 9.18. The van der Waals surface area contributed by atoms with Gasteiger partial charge in [-0.2, -0.15) is 0 Å². The molecule has 0 atom stereocenters. The summed E-state index contributed by atoms with van der Waals surface area (Å²) in [6.45, 7) is 8.57. The van der Waals surface area contributed by atoms with E-state index in [0.717, 1.165) is 53.5 Å². The first-order valence-corrected chi connectivity index (χ1v) is 14.6. The van der Waals surface area contributed by atoms with Crippen molar-refractivity contribution in [3.05, 3.63) is 64.2 Å². The fourth-order valence-electron chi connectivity index (χ4n) is 5.08. The van der Waals surface area contributed by atoms with Crippen molar-refractivity contribution in [3.8, 4) is 0 Å². The predicted octanol–water partition coefficient (Wildman–Crippen LogP) is 7.69. The molecule has 2 aromatic carbocycles. The molecule has 190 valence electrons. The van der Waals surface area contributed by atoms with Crippen LogP contribution in [0.4, 0.5) is 0 Å². The van der Waals surface area contributed by atoms with Crippen LogP contribution in [0.2, 0.25) is 0 Å². The van der Waals surface area contributed by atoms with Crippen LogP contribution in [0.5, 0.6) is 0 Å². The Balaban J connectivity index is 2.03. The Morgan fingerprint density at radius 3 is 2.34 bits per heavy atom. The number of carboxylic acids is 1. The minimum atomic E-state index is -3.30. The molecule has 35 heavy (non-hydrogen) atoms. The maximum Gasteiger partial charge on any atom is 0.335 e. The van der Waals surface area contributed by atoms with E-state index in [1.54, 1.807) is 12.1 Å². The molecule has 0 aliphatic carbocycles. The highest BCUT2D eigenvalue weighted by Gasteiger charge is 2.33. The van der Waals surface area contributed by atoms with E-state index >= 15 is 0 Å². The van der Waals surface area contributed by atoms with E-state index in [-0.39, 0.29) is 16.7 Å². The summed E-state index contributed by atoms with van der Waals surface area (Å²) in [6.07, 6.45) is 11.6. The average Bonchev–Trinajstić information content (AvgIpc) is 2.89. The molecule has 0 radical (unpaired) electrons. The third-order valence-corrected chi connectivity index (χ3v) is 9.08. The Morgan fingerprint density at radius 1 is 1.03 bits per heavy atom. The fraction of sp³-hybridized carbons (Fsp3) is 0.500. The van der Waals surface area contributed by atoms with Crippen molar-refractivity contribution in [1.29, 1.82) is 0 Å². The second-order valence-corrected chi connectivity index (χ2v) is 12.7. The van der Waals surface area contributed by atoms with E-state index in [1.807, 2.05) is 18.2 Å². The van der Waals surface area contributed by atoms with Gasteiger partial charge in [0.15, 0.2) is 9.84 Å². The Kier molecular flexibility index (Phi) is 8.98. The van der Waals surface area contributed by atoms with Crippen LogP contribution in [0, 0.1) is 0 Å². The Hall–Kier alpha value is -2.40. The number of carbonyl (C=O) groups is 1. The topological polar surface area (TPSA) is 71.4 Å². The molecule has 0 amide bonds. The molecule has 2 aromatic rings. The van der Waals surface area contributed by atoms with Crippen molar-refractivity contribution >= 4 is 27.5 Å². The monoisotopic (exact) mass is 496 g/mol. The first-order chi connectivity index (χ1) is 16.5. The molecule has 0 saturated heterocycles. The minimum Gasteiger partial charge on any atom is -0.478 e. The van der Waals surface area contributed by atoms with E-state index in [2.05, 4.69) is 39.8 Å². The SMILES string of the molecule is CCCCCCCCc1cc2c(cc1/C(C)=C\c1ccc(C(=O)O)cc1)C(C)(C)CCCS2(=O)=O. The summed E-state index contributed by atoms with van der Waals surface area (Å²) < 4.78 is 26.4. The third-order valence-electron chi connectivity index (χ3n) is 7.25. The predicted molar refractivity (Wildman–Crippen MR) is 145 cm³/mol. The van der Waals surface area contributed by atoms with Crippen molar-refractivity contribution in [1.82, 2.24) is 0 Å². The fourth-order valence-corrected chi connectivity index (χ4v) is 6.81. The van der Waals surface area contributed by atoms with Gasteiger partial charge in [-0.05, 0) is 90.1 Å². The number of benzene rings is 2. The zero-order chi connectivity index (χ0) is 25.6. The third kappa shape index (κ3) is 6.84. The van der Waals surface area contributed by atoms with Gasteiger partial charge in [0.25, 0.3) is 0 Å². The van der Waals surface area contributed by atoms with Crippen molar-refractivity contribution in [2.75, 3.05) is 5.75 Å². The van der Waals surface area contributed by atoms with Crippen molar-refractivity contribution in [2.45, 2.75) is 95.8 Å². The maximum absolute atomic E-state index is 13.2. The molecular formula is C30H40O4S. The van der Waals surface area contributed by atoms with Gasteiger partial charge in [0.05, 0.1) is 16.2 Å². The summed E-state index contributed by atoms with van der Waals surface area (Å²) in [5.74, 6) is -0.725.